The summed E-state index contributed by atoms with van der Waals surface area (Å²) in [5.74, 6) is 0. The van der Waals surface area contributed by atoms with Crippen LogP contribution in [-0.4, -0.2) is 41.3 Å². The number of hydrogen-bond donors (Lipinski definition) is 2. The minimum Gasteiger partial charge on any atom is -0.393 e. The molecule has 2 aliphatic rings. The van der Waals surface area contributed by atoms with E-state index in [9.17, 15) is 5.11 Å². The molecular formula is C18H28N2O. The smallest absolute Gasteiger partial charge is 0.0541 e. The summed E-state index contributed by atoms with van der Waals surface area (Å²) < 4.78 is 0. The number of benzene rings is 1. The van der Waals surface area contributed by atoms with E-state index in [1.54, 1.807) is 0 Å². The summed E-state index contributed by atoms with van der Waals surface area (Å²) in [4.78, 5) is 2.59. The standard InChI is InChI=1S/C18H28N2O/c1-14(15-5-3-2-4-6-15)20-12-11-17(13-20)19-16-7-9-18(21)10-8-16/h2-6,14,16-19,21H,7-13H2,1H3. The van der Waals surface area contributed by atoms with E-state index < -0.39 is 0 Å². The number of nitrogens with one attached hydrogen (secondary N) is 1. The van der Waals surface area contributed by atoms with Crippen LogP contribution in [0, 0.1) is 0 Å². The molecule has 2 N–H and O–H groups in total. The van der Waals surface area contributed by atoms with Gasteiger partial charge in [-0.2, -0.15) is 0 Å². The van der Waals surface area contributed by atoms with Crippen molar-refractivity contribution in [2.24, 2.45) is 0 Å². The Kier molecular flexibility index (Phi) is 4.94. The number of nitrogens with zero attached hydrogens (tertiary/aromatic N) is 1. The molecule has 1 aromatic rings. The highest BCUT2D eigenvalue weighted by atomic mass is 16.3. The van der Waals surface area contributed by atoms with Crippen molar-refractivity contribution < 1.29 is 5.11 Å². The van der Waals surface area contributed by atoms with Crippen molar-refractivity contribution in [3.8, 4) is 0 Å². The van der Waals surface area contributed by atoms with Crippen LogP contribution in [0.4, 0.5) is 0 Å². The van der Waals surface area contributed by atoms with E-state index in [4.69, 9.17) is 0 Å². The number of aliphatic hydroxyl groups is 1. The van der Waals surface area contributed by atoms with Crippen LogP contribution >= 0.6 is 0 Å². The first kappa shape index (κ1) is 15.0. The average molecular weight is 288 g/mol. The normalized spacial score (nSPS) is 32.2. The molecule has 116 valence electrons. The molecule has 2 unspecified atom stereocenters. The quantitative estimate of drug-likeness (QED) is 0.894. The third kappa shape index (κ3) is 3.85. The lowest BCUT2D eigenvalue weighted by molar-refractivity contribution is 0.114. The second kappa shape index (κ2) is 6.91. The van der Waals surface area contributed by atoms with E-state index in [0.29, 0.717) is 18.1 Å². The highest BCUT2D eigenvalue weighted by molar-refractivity contribution is 5.18. The molecule has 21 heavy (non-hydrogen) atoms. The van der Waals surface area contributed by atoms with Gasteiger partial charge in [0.2, 0.25) is 0 Å². The maximum absolute atomic E-state index is 9.59. The van der Waals surface area contributed by atoms with E-state index >= 15 is 0 Å². The molecule has 0 aromatic heterocycles. The largest absolute Gasteiger partial charge is 0.393 e. The van der Waals surface area contributed by atoms with Gasteiger partial charge >= 0.3 is 0 Å². The van der Waals surface area contributed by atoms with Gasteiger partial charge in [0.1, 0.15) is 0 Å². The zero-order chi connectivity index (χ0) is 14.7. The number of likely N-dealkylation sites (tertiary alicyclic amines) is 1. The topological polar surface area (TPSA) is 35.5 Å². The molecule has 3 heteroatoms. The lowest BCUT2D eigenvalue weighted by atomic mass is 9.92. The zero-order valence-electron chi connectivity index (χ0n) is 13.0. The summed E-state index contributed by atoms with van der Waals surface area (Å²) >= 11 is 0. The van der Waals surface area contributed by atoms with E-state index in [0.717, 1.165) is 32.2 Å². The number of hydrogen-bond acceptors (Lipinski definition) is 3. The first-order chi connectivity index (χ1) is 10.2. The maximum atomic E-state index is 9.59. The van der Waals surface area contributed by atoms with Crippen molar-refractivity contribution in [1.29, 1.82) is 0 Å². The first-order valence-electron chi connectivity index (χ1n) is 8.45. The molecule has 0 amide bonds. The highest BCUT2D eigenvalue weighted by Gasteiger charge is 2.29. The predicted molar refractivity (Wildman–Crippen MR) is 86.2 cm³/mol. The molecule has 0 spiro atoms. The van der Waals surface area contributed by atoms with Gasteiger partial charge in [0.25, 0.3) is 0 Å². The van der Waals surface area contributed by atoms with E-state index in [2.05, 4.69) is 47.5 Å². The van der Waals surface area contributed by atoms with E-state index in [1.165, 1.54) is 18.5 Å². The van der Waals surface area contributed by atoms with Gasteiger partial charge in [-0.25, -0.2) is 0 Å². The van der Waals surface area contributed by atoms with Crippen LogP contribution in [-0.2, 0) is 0 Å². The molecule has 1 saturated heterocycles. The Morgan fingerprint density at radius 1 is 1.05 bits per heavy atom. The Bertz CT molecular complexity index is 428. The molecule has 1 aliphatic heterocycles. The Morgan fingerprint density at radius 3 is 2.48 bits per heavy atom. The average Bonchev–Trinajstić information content (AvgIpc) is 2.98. The molecule has 1 aliphatic carbocycles. The highest BCUT2D eigenvalue weighted by Crippen LogP contribution is 2.26. The van der Waals surface area contributed by atoms with Gasteiger partial charge in [0.05, 0.1) is 6.10 Å². The van der Waals surface area contributed by atoms with Gasteiger partial charge in [0.15, 0.2) is 0 Å². The van der Waals surface area contributed by atoms with Crippen molar-refractivity contribution in [2.45, 2.75) is 63.3 Å². The van der Waals surface area contributed by atoms with Gasteiger partial charge < -0.3 is 10.4 Å². The molecular weight excluding hydrogens is 260 g/mol. The summed E-state index contributed by atoms with van der Waals surface area (Å²) in [7, 11) is 0. The minimum absolute atomic E-state index is 0.0544. The van der Waals surface area contributed by atoms with Crippen LogP contribution in [0.5, 0.6) is 0 Å². The van der Waals surface area contributed by atoms with Crippen molar-refractivity contribution in [3.05, 3.63) is 35.9 Å². The Balaban J connectivity index is 1.49. The van der Waals surface area contributed by atoms with Gasteiger partial charge in [-0.3, -0.25) is 4.90 Å². The van der Waals surface area contributed by atoms with Gasteiger partial charge in [-0.15, -0.1) is 0 Å². The van der Waals surface area contributed by atoms with Crippen LogP contribution in [0.3, 0.4) is 0 Å². The molecule has 2 atom stereocenters. The van der Waals surface area contributed by atoms with Crippen molar-refractivity contribution in [2.75, 3.05) is 13.1 Å². The van der Waals surface area contributed by atoms with Crippen molar-refractivity contribution >= 4 is 0 Å². The van der Waals surface area contributed by atoms with Crippen LogP contribution in [0.25, 0.3) is 0 Å². The van der Waals surface area contributed by atoms with E-state index in [1.807, 2.05) is 0 Å². The summed E-state index contributed by atoms with van der Waals surface area (Å²) in [6.45, 7) is 4.65. The third-order valence-electron chi connectivity index (χ3n) is 5.22. The van der Waals surface area contributed by atoms with Crippen molar-refractivity contribution in [1.82, 2.24) is 10.2 Å². The summed E-state index contributed by atoms with van der Waals surface area (Å²) in [5, 5.41) is 13.4. The predicted octanol–water partition coefficient (Wildman–Crippen LogP) is 2.72. The molecule has 1 aromatic carbocycles. The minimum atomic E-state index is -0.0544. The van der Waals surface area contributed by atoms with Crippen LogP contribution in [0.2, 0.25) is 0 Å². The van der Waals surface area contributed by atoms with Crippen LogP contribution < -0.4 is 5.32 Å². The van der Waals surface area contributed by atoms with Crippen LogP contribution in [0.15, 0.2) is 30.3 Å². The molecule has 0 bridgehead atoms. The molecule has 3 rings (SSSR count). The number of rotatable bonds is 4. The van der Waals surface area contributed by atoms with Crippen LogP contribution in [0.1, 0.15) is 50.6 Å². The fourth-order valence-corrected chi connectivity index (χ4v) is 3.79. The summed E-state index contributed by atoms with van der Waals surface area (Å²) in [6.07, 6.45) is 5.39. The molecule has 3 nitrogen and oxygen atoms in total. The molecule has 1 heterocycles. The van der Waals surface area contributed by atoms with Gasteiger partial charge in [-0.1, -0.05) is 30.3 Å². The fourth-order valence-electron chi connectivity index (χ4n) is 3.79. The lowest BCUT2D eigenvalue weighted by Crippen LogP contribution is -2.42. The Hall–Kier alpha value is -0.900. The van der Waals surface area contributed by atoms with Gasteiger partial charge in [-0.05, 0) is 44.6 Å². The fraction of sp³-hybridized carbons (Fsp3) is 0.667. The lowest BCUT2D eigenvalue weighted by Gasteiger charge is -2.30. The second-order valence-electron chi connectivity index (χ2n) is 6.74. The Morgan fingerprint density at radius 2 is 1.76 bits per heavy atom. The first-order valence-corrected chi connectivity index (χ1v) is 8.45. The molecule has 2 fully saturated rings. The SMILES string of the molecule is CC(c1ccccc1)N1CCC(NC2CCC(O)CC2)C1. The van der Waals surface area contributed by atoms with E-state index in [-0.39, 0.29) is 6.10 Å². The number of aliphatic hydroxyl groups excluding tert-OH is 1. The summed E-state index contributed by atoms with van der Waals surface area (Å²) in [5.41, 5.74) is 1.42. The van der Waals surface area contributed by atoms with Crippen molar-refractivity contribution in [3.63, 3.8) is 0 Å². The molecule has 1 saturated carbocycles. The molecule has 0 radical (unpaired) electrons. The summed E-state index contributed by atoms with van der Waals surface area (Å²) in [6, 6.07) is 12.5. The van der Waals surface area contributed by atoms with Gasteiger partial charge in [0, 0.05) is 31.2 Å². The monoisotopic (exact) mass is 288 g/mol. The third-order valence-corrected chi connectivity index (χ3v) is 5.22. The Labute approximate surface area is 128 Å². The second-order valence-corrected chi connectivity index (χ2v) is 6.74. The maximum Gasteiger partial charge on any atom is 0.0541 e. The zero-order valence-corrected chi connectivity index (χ0v) is 13.0.